The van der Waals surface area contributed by atoms with Crippen molar-refractivity contribution >= 4 is 11.8 Å². The molecule has 1 aromatic rings. The van der Waals surface area contributed by atoms with Crippen LogP contribution in [0, 0.1) is 13.8 Å². The summed E-state index contributed by atoms with van der Waals surface area (Å²) in [5, 5.41) is 2.94. The molecule has 0 aromatic carbocycles. The summed E-state index contributed by atoms with van der Waals surface area (Å²) in [4.78, 5) is 37.4. The van der Waals surface area contributed by atoms with Gasteiger partial charge in [0.2, 0.25) is 5.91 Å². The second-order valence-electron chi connectivity index (χ2n) is 6.91. The Morgan fingerprint density at radius 2 is 2.04 bits per heavy atom. The molecule has 0 bridgehead atoms. The Morgan fingerprint density at radius 3 is 2.79 bits per heavy atom. The van der Waals surface area contributed by atoms with E-state index in [1.165, 1.54) is 0 Å². The molecule has 1 atom stereocenters. The van der Waals surface area contributed by atoms with Crippen molar-refractivity contribution in [3.05, 3.63) is 23.3 Å². The van der Waals surface area contributed by atoms with Gasteiger partial charge in [0.25, 0.3) is 5.91 Å². The zero-order valence-electron chi connectivity index (χ0n) is 14.6. The zero-order valence-corrected chi connectivity index (χ0v) is 14.6. The van der Waals surface area contributed by atoms with Crippen molar-refractivity contribution in [3.8, 4) is 0 Å². The molecule has 1 unspecified atom stereocenters. The summed E-state index contributed by atoms with van der Waals surface area (Å²) >= 11 is 0. The SMILES string of the molecule is Cc1cc(C(=O)N2CCN(C)C3(CCNC(=O)CC3)C2)nc(C)n1. The first kappa shape index (κ1) is 16.8. The number of rotatable bonds is 1. The second kappa shape index (κ2) is 6.47. The van der Waals surface area contributed by atoms with Crippen LogP contribution in [0.3, 0.4) is 0 Å². The third-order valence-corrected chi connectivity index (χ3v) is 5.20. The van der Waals surface area contributed by atoms with E-state index in [0.717, 1.165) is 25.1 Å². The highest BCUT2D eigenvalue weighted by Gasteiger charge is 2.42. The minimum Gasteiger partial charge on any atom is -0.356 e. The molecule has 0 saturated carbocycles. The third-order valence-electron chi connectivity index (χ3n) is 5.20. The summed E-state index contributed by atoms with van der Waals surface area (Å²) in [6, 6.07) is 1.75. The Labute approximate surface area is 142 Å². The van der Waals surface area contributed by atoms with Crippen LogP contribution in [0.2, 0.25) is 0 Å². The summed E-state index contributed by atoms with van der Waals surface area (Å²) < 4.78 is 0. The lowest BCUT2D eigenvalue weighted by atomic mass is 9.86. The number of likely N-dealkylation sites (N-methyl/N-ethyl adjacent to an activating group) is 1. The van der Waals surface area contributed by atoms with Crippen molar-refractivity contribution in [1.82, 2.24) is 25.1 Å². The normalized spacial score (nSPS) is 25.5. The van der Waals surface area contributed by atoms with E-state index in [1.54, 1.807) is 13.0 Å². The number of carbonyl (C=O) groups is 2. The Bertz CT molecular complexity index is 642. The van der Waals surface area contributed by atoms with Gasteiger partial charge >= 0.3 is 0 Å². The Kier molecular flexibility index (Phi) is 4.54. The predicted molar refractivity (Wildman–Crippen MR) is 89.6 cm³/mol. The average Bonchev–Trinajstić information content (AvgIpc) is 2.71. The van der Waals surface area contributed by atoms with Gasteiger partial charge in [-0.05, 0) is 39.8 Å². The quantitative estimate of drug-likeness (QED) is 0.812. The van der Waals surface area contributed by atoms with E-state index < -0.39 is 0 Å². The number of carbonyl (C=O) groups excluding carboxylic acids is 2. The van der Waals surface area contributed by atoms with E-state index in [0.29, 0.717) is 37.6 Å². The van der Waals surface area contributed by atoms with Crippen LogP contribution in [0.5, 0.6) is 0 Å². The van der Waals surface area contributed by atoms with Crippen LogP contribution < -0.4 is 5.32 Å². The summed E-state index contributed by atoms with van der Waals surface area (Å²) in [7, 11) is 2.09. The average molecular weight is 331 g/mol. The minimum absolute atomic E-state index is 0.0420. The lowest BCUT2D eigenvalue weighted by molar-refractivity contribution is -0.121. The monoisotopic (exact) mass is 331 g/mol. The molecule has 0 radical (unpaired) electrons. The van der Waals surface area contributed by atoms with Crippen molar-refractivity contribution < 1.29 is 9.59 Å². The van der Waals surface area contributed by atoms with E-state index in [-0.39, 0.29) is 17.4 Å². The van der Waals surface area contributed by atoms with Gasteiger partial charge in [-0.15, -0.1) is 0 Å². The minimum atomic E-state index is -0.135. The van der Waals surface area contributed by atoms with E-state index in [4.69, 9.17) is 0 Å². The number of aromatic nitrogens is 2. The molecule has 2 aliphatic heterocycles. The molecule has 7 nitrogen and oxygen atoms in total. The summed E-state index contributed by atoms with van der Waals surface area (Å²) in [6.07, 6.45) is 2.15. The molecule has 3 rings (SSSR count). The van der Waals surface area contributed by atoms with Crippen LogP contribution in [0.15, 0.2) is 6.07 Å². The first-order chi connectivity index (χ1) is 11.4. The molecule has 1 N–H and O–H groups in total. The Hall–Kier alpha value is -2.02. The number of hydrogen-bond donors (Lipinski definition) is 1. The van der Waals surface area contributed by atoms with Gasteiger partial charge in [-0.1, -0.05) is 0 Å². The number of aryl methyl sites for hydroxylation is 2. The van der Waals surface area contributed by atoms with E-state index in [9.17, 15) is 9.59 Å². The van der Waals surface area contributed by atoms with Crippen molar-refractivity contribution in [1.29, 1.82) is 0 Å². The summed E-state index contributed by atoms with van der Waals surface area (Å²) in [6.45, 7) is 6.47. The molecule has 24 heavy (non-hydrogen) atoms. The van der Waals surface area contributed by atoms with Gasteiger partial charge < -0.3 is 10.2 Å². The van der Waals surface area contributed by atoms with E-state index in [1.807, 2.05) is 11.8 Å². The molecule has 2 fully saturated rings. The van der Waals surface area contributed by atoms with Crippen LogP contribution in [-0.2, 0) is 4.79 Å². The fourth-order valence-electron chi connectivity index (χ4n) is 3.76. The lowest BCUT2D eigenvalue weighted by Crippen LogP contribution is -2.62. The largest absolute Gasteiger partial charge is 0.356 e. The van der Waals surface area contributed by atoms with Gasteiger partial charge in [-0.3, -0.25) is 14.5 Å². The predicted octanol–water partition coefficient (Wildman–Crippen LogP) is 0.520. The summed E-state index contributed by atoms with van der Waals surface area (Å²) in [5.41, 5.74) is 1.13. The maximum atomic E-state index is 12.9. The van der Waals surface area contributed by atoms with E-state index in [2.05, 4.69) is 27.2 Å². The maximum Gasteiger partial charge on any atom is 0.272 e. The molecule has 2 aliphatic rings. The Balaban J connectivity index is 1.82. The van der Waals surface area contributed by atoms with Gasteiger partial charge in [0.15, 0.2) is 0 Å². The molecule has 2 saturated heterocycles. The highest BCUT2D eigenvalue weighted by molar-refractivity contribution is 5.92. The van der Waals surface area contributed by atoms with Gasteiger partial charge in [0.1, 0.15) is 11.5 Å². The highest BCUT2D eigenvalue weighted by atomic mass is 16.2. The zero-order chi connectivity index (χ0) is 17.3. The number of hydrogen-bond acceptors (Lipinski definition) is 5. The first-order valence-electron chi connectivity index (χ1n) is 8.49. The fraction of sp³-hybridized carbons (Fsp3) is 0.647. The molecule has 0 aliphatic carbocycles. The number of nitrogens with zero attached hydrogens (tertiary/aromatic N) is 4. The van der Waals surface area contributed by atoms with Gasteiger partial charge in [-0.25, -0.2) is 9.97 Å². The smallest absolute Gasteiger partial charge is 0.272 e. The van der Waals surface area contributed by atoms with Gasteiger partial charge in [0.05, 0.1) is 0 Å². The van der Waals surface area contributed by atoms with Crippen molar-refractivity contribution in [2.24, 2.45) is 0 Å². The topological polar surface area (TPSA) is 78.4 Å². The molecule has 1 spiro atoms. The number of piperazine rings is 1. The number of nitrogens with one attached hydrogen (secondary N) is 1. The van der Waals surface area contributed by atoms with Gasteiger partial charge in [-0.2, -0.15) is 0 Å². The summed E-state index contributed by atoms with van der Waals surface area (Å²) in [5.74, 6) is 0.678. The fourth-order valence-corrected chi connectivity index (χ4v) is 3.76. The van der Waals surface area contributed by atoms with Crippen LogP contribution in [-0.4, -0.2) is 70.3 Å². The molecule has 2 amide bonds. The maximum absolute atomic E-state index is 12.9. The first-order valence-corrected chi connectivity index (χ1v) is 8.49. The molecule has 3 heterocycles. The Morgan fingerprint density at radius 1 is 1.25 bits per heavy atom. The highest BCUT2D eigenvalue weighted by Crippen LogP contribution is 2.30. The van der Waals surface area contributed by atoms with Crippen molar-refractivity contribution in [2.75, 3.05) is 33.2 Å². The molecular weight excluding hydrogens is 306 g/mol. The molecular formula is C17H25N5O2. The molecule has 7 heteroatoms. The van der Waals surface area contributed by atoms with Crippen LogP contribution in [0.4, 0.5) is 0 Å². The molecule has 130 valence electrons. The number of amides is 2. The van der Waals surface area contributed by atoms with Crippen LogP contribution in [0.25, 0.3) is 0 Å². The second-order valence-corrected chi connectivity index (χ2v) is 6.91. The lowest BCUT2D eigenvalue weighted by Gasteiger charge is -2.49. The third kappa shape index (κ3) is 3.26. The van der Waals surface area contributed by atoms with Crippen LogP contribution in [0.1, 0.15) is 41.3 Å². The molecule has 1 aromatic heterocycles. The standard InChI is InChI=1S/C17H25N5O2/c1-12-10-14(20-13(2)19-12)16(24)22-9-8-21(3)17(11-22)5-4-15(23)18-7-6-17/h10H,4-9,11H2,1-3H3,(H,18,23). The van der Waals surface area contributed by atoms with Gasteiger partial charge in [0, 0.05) is 43.8 Å². The van der Waals surface area contributed by atoms with Crippen molar-refractivity contribution in [2.45, 2.75) is 38.6 Å². The van der Waals surface area contributed by atoms with Crippen LogP contribution >= 0.6 is 0 Å². The van der Waals surface area contributed by atoms with E-state index >= 15 is 0 Å². The van der Waals surface area contributed by atoms with Crippen molar-refractivity contribution in [3.63, 3.8) is 0 Å².